The number of hydrogen-bond donors (Lipinski definition) is 1. The van der Waals surface area contributed by atoms with Crippen LogP contribution in [0.2, 0.25) is 0 Å². The summed E-state index contributed by atoms with van der Waals surface area (Å²) in [6.07, 6.45) is -4.99. The molecule has 104 valence electrons. The number of rotatable bonds is 6. The fourth-order valence-corrected chi connectivity index (χ4v) is 1.51. The lowest BCUT2D eigenvalue weighted by atomic mass is 9.98. The summed E-state index contributed by atoms with van der Waals surface area (Å²) in [5.74, 6) is -2.07. The molecular formula is C13H13F3O3. The topological polar surface area (TPSA) is 46.5 Å². The quantitative estimate of drug-likeness (QED) is 0.810. The molecule has 3 nitrogen and oxygen atoms in total. The maximum absolute atomic E-state index is 13.0. The molecule has 0 radical (unpaired) electrons. The zero-order valence-corrected chi connectivity index (χ0v) is 9.98. The second-order valence-electron chi connectivity index (χ2n) is 3.90. The van der Waals surface area contributed by atoms with E-state index in [2.05, 4.69) is 11.3 Å². The van der Waals surface area contributed by atoms with Gasteiger partial charge < -0.3 is 9.84 Å². The third-order valence-electron chi connectivity index (χ3n) is 2.56. The van der Waals surface area contributed by atoms with E-state index in [1.54, 1.807) is 30.3 Å². The monoisotopic (exact) mass is 274 g/mol. The third kappa shape index (κ3) is 3.35. The first-order valence-corrected chi connectivity index (χ1v) is 5.42. The Kier molecular flexibility index (Phi) is 4.72. The third-order valence-corrected chi connectivity index (χ3v) is 2.56. The van der Waals surface area contributed by atoms with Crippen molar-refractivity contribution in [3.63, 3.8) is 0 Å². The minimum atomic E-state index is -5.03. The van der Waals surface area contributed by atoms with Gasteiger partial charge in [-0.3, -0.25) is 0 Å². The summed E-state index contributed by atoms with van der Waals surface area (Å²) < 4.78 is 43.6. The van der Waals surface area contributed by atoms with Crippen molar-refractivity contribution in [3.05, 3.63) is 48.6 Å². The van der Waals surface area contributed by atoms with Crippen LogP contribution in [0.3, 0.4) is 0 Å². The van der Waals surface area contributed by atoms with Crippen molar-refractivity contribution in [3.8, 4) is 0 Å². The van der Waals surface area contributed by atoms with Crippen LogP contribution in [-0.4, -0.2) is 22.9 Å². The number of ether oxygens (including phenoxy) is 1. The Morgan fingerprint density at radius 2 is 1.89 bits per heavy atom. The van der Waals surface area contributed by atoms with Gasteiger partial charge >= 0.3 is 12.1 Å². The van der Waals surface area contributed by atoms with E-state index in [1.165, 1.54) is 0 Å². The molecule has 0 bridgehead atoms. The molecule has 0 heterocycles. The van der Waals surface area contributed by atoms with Crippen LogP contribution >= 0.6 is 0 Å². The van der Waals surface area contributed by atoms with Gasteiger partial charge in [0.25, 0.3) is 5.60 Å². The van der Waals surface area contributed by atoms with Crippen LogP contribution in [0.1, 0.15) is 12.0 Å². The Labute approximate surface area is 108 Å². The average molecular weight is 274 g/mol. The molecule has 0 saturated carbocycles. The molecule has 19 heavy (non-hydrogen) atoms. The number of aliphatic carboxylic acids is 1. The molecule has 6 heteroatoms. The van der Waals surface area contributed by atoms with Gasteiger partial charge in [-0.1, -0.05) is 36.4 Å². The van der Waals surface area contributed by atoms with Crippen LogP contribution in [-0.2, 0) is 16.1 Å². The molecule has 0 aliphatic carbocycles. The summed E-state index contributed by atoms with van der Waals surface area (Å²) in [6.45, 7) is 2.71. The SMILES string of the molecule is C=CCC(OCc1ccccc1)(C(=O)O)C(F)(F)F. The van der Waals surface area contributed by atoms with Crippen molar-refractivity contribution in [2.24, 2.45) is 0 Å². The van der Waals surface area contributed by atoms with Gasteiger partial charge in [-0.05, 0) is 5.56 Å². The van der Waals surface area contributed by atoms with Gasteiger partial charge in [0.2, 0.25) is 0 Å². The lowest BCUT2D eigenvalue weighted by Gasteiger charge is -2.30. The van der Waals surface area contributed by atoms with Gasteiger partial charge in [0.05, 0.1) is 6.61 Å². The number of halogens is 3. The summed E-state index contributed by atoms with van der Waals surface area (Å²) >= 11 is 0. The minimum absolute atomic E-state index is 0.444. The fraction of sp³-hybridized carbons (Fsp3) is 0.308. The van der Waals surface area contributed by atoms with Gasteiger partial charge in [0.1, 0.15) is 0 Å². The van der Waals surface area contributed by atoms with Crippen molar-refractivity contribution in [2.45, 2.75) is 24.8 Å². The Morgan fingerprint density at radius 3 is 2.32 bits per heavy atom. The van der Waals surface area contributed by atoms with Crippen LogP contribution in [0.25, 0.3) is 0 Å². The highest BCUT2D eigenvalue weighted by Gasteiger charge is 2.61. The molecule has 1 N–H and O–H groups in total. The van der Waals surface area contributed by atoms with Crippen LogP contribution in [0.4, 0.5) is 13.2 Å². The molecular weight excluding hydrogens is 261 g/mol. The predicted molar refractivity (Wildman–Crippen MR) is 62.5 cm³/mol. The van der Waals surface area contributed by atoms with Gasteiger partial charge in [0.15, 0.2) is 0 Å². The minimum Gasteiger partial charge on any atom is -0.479 e. The zero-order chi connectivity index (χ0) is 14.5. The Morgan fingerprint density at radius 1 is 1.32 bits per heavy atom. The molecule has 0 fully saturated rings. The summed E-state index contributed by atoms with van der Waals surface area (Å²) in [6, 6.07) is 8.06. The van der Waals surface area contributed by atoms with Gasteiger partial charge in [-0.15, -0.1) is 6.58 Å². The van der Waals surface area contributed by atoms with Crippen molar-refractivity contribution in [1.29, 1.82) is 0 Å². The van der Waals surface area contributed by atoms with Crippen LogP contribution in [0.5, 0.6) is 0 Å². The normalized spacial score (nSPS) is 14.7. The zero-order valence-electron chi connectivity index (χ0n) is 9.98. The lowest BCUT2D eigenvalue weighted by molar-refractivity contribution is -0.277. The Hall–Kier alpha value is -1.82. The van der Waals surface area contributed by atoms with Gasteiger partial charge in [-0.25, -0.2) is 4.79 Å². The molecule has 0 spiro atoms. The predicted octanol–water partition coefficient (Wildman–Crippen LogP) is 3.17. The van der Waals surface area contributed by atoms with Crippen LogP contribution in [0.15, 0.2) is 43.0 Å². The van der Waals surface area contributed by atoms with Gasteiger partial charge in [0, 0.05) is 6.42 Å². The van der Waals surface area contributed by atoms with E-state index < -0.39 is 30.8 Å². The van der Waals surface area contributed by atoms with E-state index in [4.69, 9.17) is 5.11 Å². The summed E-state index contributed by atoms with van der Waals surface area (Å²) in [5, 5.41) is 8.88. The van der Waals surface area contributed by atoms with E-state index >= 15 is 0 Å². The van der Waals surface area contributed by atoms with Gasteiger partial charge in [-0.2, -0.15) is 13.2 Å². The second kappa shape index (κ2) is 5.88. The van der Waals surface area contributed by atoms with Crippen molar-refractivity contribution < 1.29 is 27.8 Å². The average Bonchev–Trinajstić information content (AvgIpc) is 2.33. The standard InChI is InChI=1S/C13H13F3O3/c1-2-8-12(11(17)18,13(14,15)16)19-9-10-6-4-3-5-7-10/h2-7H,1,8-9H2,(H,17,18). The van der Waals surface area contributed by atoms with Crippen molar-refractivity contribution in [2.75, 3.05) is 0 Å². The van der Waals surface area contributed by atoms with E-state index in [1.807, 2.05) is 0 Å². The molecule has 0 aliphatic heterocycles. The molecule has 0 amide bonds. The molecule has 0 saturated heterocycles. The number of carbonyl (C=O) groups is 1. The highest BCUT2D eigenvalue weighted by atomic mass is 19.4. The first kappa shape index (κ1) is 15.2. The summed E-state index contributed by atoms with van der Waals surface area (Å²) in [4.78, 5) is 11.0. The van der Waals surface area contributed by atoms with E-state index in [0.717, 1.165) is 6.08 Å². The fourth-order valence-electron chi connectivity index (χ4n) is 1.51. The number of carboxylic acid groups (broad SMARTS) is 1. The number of benzene rings is 1. The summed E-state index contributed by atoms with van der Waals surface area (Å²) in [5.41, 5.74) is -2.80. The summed E-state index contributed by atoms with van der Waals surface area (Å²) in [7, 11) is 0. The maximum atomic E-state index is 13.0. The first-order chi connectivity index (χ1) is 8.83. The lowest BCUT2D eigenvalue weighted by Crippen LogP contribution is -2.53. The maximum Gasteiger partial charge on any atom is 0.428 e. The first-order valence-electron chi connectivity index (χ1n) is 5.42. The highest BCUT2D eigenvalue weighted by Crippen LogP contribution is 2.37. The molecule has 1 unspecified atom stereocenters. The van der Waals surface area contributed by atoms with Crippen LogP contribution < -0.4 is 0 Å². The molecule has 1 atom stereocenters. The number of alkyl halides is 3. The Bertz CT molecular complexity index is 442. The number of hydrogen-bond acceptors (Lipinski definition) is 2. The largest absolute Gasteiger partial charge is 0.479 e. The smallest absolute Gasteiger partial charge is 0.428 e. The van der Waals surface area contributed by atoms with E-state index in [-0.39, 0.29) is 0 Å². The van der Waals surface area contributed by atoms with E-state index in [9.17, 15) is 18.0 Å². The molecule has 1 aromatic rings. The van der Waals surface area contributed by atoms with E-state index in [0.29, 0.717) is 5.56 Å². The molecule has 1 aromatic carbocycles. The highest BCUT2D eigenvalue weighted by molar-refractivity contribution is 5.79. The van der Waals surface area contributed by atoms with Crippen LogP contribution in [0, 0.1) is 0 Å². The number of carboxylic acids is 1. The molecule has 1 rings (SSSR count). The molecule has 0 aromatic heterocycles. The Balaban J connectivity index is 2.97. The molecule has 0 aliphatic rings. The van der Waals surface area contributed by atoms with Crippen molar-refractivity contribution >= 4 is 5.97 Å². The van der Waals surface area contributed by atoms with Crippen molar-refractivity contribution in [1.82, 2.24) is 0 Å². The second-order valence-corrected chi connectivity index (χ2v) is 3.90.